The molecule has 1 atom stereocenters. The zero-order valence-corrected chi connectivity index (χ0v) is 11.3. The van der Waals surface area contributed by atoms with Crippen LogP contribution in [0, 0.1) is 0 Å². The van der Waals surface area contributed by atoms with Gasteiger partial charge in [-0.15, -0.1) is 0 Å². The number of amides is 2. The third-order valence-corrected chi connectivity index (χ3v) is 2.49. The molecule has 0 fully saturated rings. The number of carboxylic acid groups (broad SMARTS) is 1. The minimum atomic E-state index is -1.27. The maximum atomic E-state index is 11.6. The molecule has 7 nitrogen and oxygen atoms in total. The van der Waals surface area contributed by atoms with E-state index < -0.39 is 12.0 Å². The van der Waals surface area contributed by atoms with Crippen molar-refractivity contribution in [2.75, 3.05) is 18.5 Å². The van der Waals surface area contributed by atoms with Crippen LogP contribution in [-0.2, 0) is 4.74 Å². The molecule has 1 rings (SSSR count). The Morgan fingerprint density at radius 3 is 2.70 bits per heavy atom. The monoisotopic (exact) mass is 282 g/mol. The summed E-state index contributed by atoms with van der Waals surface area (Å²) in [5.74, 6) is -1.62. The summed E-state index contributed by atoms with van der Waals surface area (Å²) in [6.45, 7) is 4.58. The Morgan fingerprint density at radius 1 is 1.40 bits per heavy atom. The summed E-state index contributed by atoms with van der Waals surface area (Å²) in [6.07, 6.45) is -0.111. The molecule has 0 aliphatic heterocycles. The Morgan fingerprint density at radius 2 is 2.10 bits per heavy atom. The van der Waals surface area contributed by atoms with E-state index in [1.54, 1.807) is 0 Å². The number of ether oxygens (including phenoxy) is 1. The summed E-state index contributed by atoms with van der Waals surface area (Å²) in [5, 5.41) is 23.3. The van der Waals surface area contributed by atoms with Crippen LogP contribution in [0.4, 0.5) is 10.5 Å². The number of anilines is 1. The van der Waals surface area contributed by atoms with E-state index in [4.69, 9.17) is 9.84 Å². The second-order valence-corrected chi connectivity index (χ2v) is 4.14. The number of carbonyl (C=O) groups excluding carboxylic acids is 1. The molecule has 0 aliphatic carbocycles. The molecule has 0 saturated heterocycles. The second-order valence-electron chi connectivity index (χ2n) is 4.14. The summed E-state index contributed by atoms with van der Waals surface area (Å²) >= 11 is 0. The van der Waals surface area contributed by atoms with Crippen molar-refractivity contribution in [2.45, 2.75) is 20.0 Å². The first-order valence-corrected chi connectivity index (χ1v) is 6.16. The van der Waals surface area contributed by atoms with Crippen molar-refractivity contribution < 1.29 is 24.5 Å². The van der Waals surface area contributed by atoms with Gasteiger partial charge in [0.1, 0.15) is 11.3 Å². The third-order valence-electron chi connectivity index (χ3n) is 2.49. The average molecular weight is 282 g/mol. The van der Waals surface area contributed by atoms with Gasteiger partial charge >= 0.3 is 12.0 Å². The molecule has 4 N–H and O–H groups in total. The molecule has 0 aliphatic rings. The van der Waals surface area contributed by atoms with Gasteiger partial charge in [-0.3, -0.25) is 0 Å². The zero-order chi connectivity index (χ0) is 15.1. The Hall–Kier alpha value is -2.28. The number of nitrogens with one attached hydrogen (secondary N) is 2. The Bertz CT molecular complexity index is 490. The van der Waals surface area contributed by atoms with Crippen molar-refractivity contribution in [3.8, 4) is 5.75 Å². The summed E-state index contributed by atoms with van der Waals surface area (Å²) in [5.41, 5.74) is 0.00671. The normalized spacial score (nSPS) is 11.7. The van der Waals surface area contributed by atoms with E-state index in [-0.39, 0.29) is 23.1 Å². The van der Waals surface area contributed by atoms with E-state index >= 15 is 0 Å². The highest BCUT2D eigenvalue weighted by atomic mass is 16.5. The van der Waals surface area contributed by atoms with Crippen molar-refractivity contribution in [3.63, 3.8) is 0 Å². The SMILES string of the molecule is CCOC(C)CNC(=O)Nc1ccc(O)c(C(=O)O)c1. The van der Waals surface area contributed by atoms with Crippen LogP contribution in [0.3, 0.4) is 0 Å². The Labute approximate surface area is 116 Å². The third kappa shape index (κ3) is 4.77. The number of carbonyl (C=O) groups is 2. The number of phenols is 1. The summed E-state index contributed by atoms with van der Waals surface area (Å²) in [7, 11) is 0. The lowest BCUT2D eigenvalue weighted by Crippen LogP contribution is -2.35. The second kappa shape index (κ2) is 7.34. The van der Waals surface area contributed by atoms with Gasteiger partial charge in [-0.05, 0) is 32.0 Å². The number of benzene rings is 1. The fourth-order valence-electron chi connectivity index (χ4n) is 1.54. The number of urea groups is 1. The summed E-state index contributed by atoms with van der Waals surface area (Å²) < 4.78 is 5.26. The minimum Gasteiger partial charge on any atom is -0.507 e. The minimum absolute atomic E-state index is 0.111. The fourth-order valence-corrected chi connectivity index (χ4v) is 1.54. The van der Waals surface area contributed by atoms with Crippen LogP contribution in [-0.4, -0.2) is 41.5 Å². The van der Waals surface area contributed by atoms with Gasteiger partial charge in [-0.1, -0.05) is 0 Å². The van der Waals surface area contributed by atoms with E-state index in [2.05, 4.69) is 10.6 Å². The average Bonchev–Trinajstić information content (AvgIpc) is 2.39. The van der Waals surface area contributed by atoms with Crippen molar-refractivity contribution in [2.24, 2.45) is 0 Å². The van der Waals surface area contributed by atoms with E-state index in [9.17, 15) is 14.7 Å². The number of carboxylic acids is 1. The fraction of sp³-hybridized carbons (Fsp3) is 0.385. The molecule has 7 heteroatoms. The van der Waals surface area contributed by atoms with Crippen molar-refractivity contribution in [3.05, 3.63) is 23.8 Å². The van der Waals surface area contributed by atoms with Gasteiger partial charge in [0.25, 0.3) is 0 Å². The number of rotatable bonds is 6. The largest absolute Gasteiger partial charge is 0.507 e. The van der Waals surface area contributed by atoms with Gasteiger partial charge in [0, 0.05) is 18.8 Å². The number of aromatic hydroxyl groups is 1. The van der Waals surface area contributed by atoms with Gasteiger partial charge in [0.2, 0.25) is 0 Å². The predicted molar refractivity (Wildman–Crippen MR) is 73.2 cm³/mol. The molecule has 1 aromatic rings. The molecule has 0 saturated carbocycles. The van der Waals surface area contributed by atoms with Crippen LogP contribution in [0.2, 0.25) is 0 Å². The topological polar surface area (TPSA) is 108 Å². The lowest BCUT2D eigenvalue weighted by atomic mass is 10.2. The molecule has 0 spiro atoms. The van der Waals surface area contributed by atoms with Crippen LogP contribution in [0.15, 0.2) is 18.2 Å². The van der Waals surface area contributed by atoms with Crippen LogP contribution >= 0.6 is 0 Å². The van der Waals surface area contributed by atoms with E-state index in [0.717, 1.165) is 0 Å². The molecule has 0 aromatic heterocycles. The first-order valence-electron chi connectivity index (χ1n) is 6.16. The zero-order valence-electron chi connectivity index (χ0n) is 11.3. The van der Waals surface area contributed by atoms with E-state index in [1.165, 1.54) is 18.2 Å². The molecule has 0 bridgehead atoms. The van der Waals surface area contributed by atoms with Gasteiger partial charge in [0.15, 0.2) is 0 Å². The first kappa shape index (κ1) is 15.8. The van der Waals surface area contributed by atoms with Crippen molar-refractivity contribution >= 4 is 17.7 Å². The van der Waals surface area contributed by atoms with E-state index in [0.29, 0.717) is 13.2 Å². The molecule has 110 valence electrons. The number of hydrogen-bond acceptors (Lipinski definition) is 4. The maximum Gasteiger partial charge on any atom is 0.339 e. The van der Waals surface area contributed by atoms with Gasteiger partial charge < -0.3 is 25.6 Å². The van der Waals surface area contributed by atoms with Crippen molar-refractivity contribution in [1.29, 1.82) is 0 Å². The molecular formula is C13H18N2O5. The van der Waals surface area contributed by atoms with Crippen LogP contribution < -0.4 is 10.6 Å². The molecule has 1 aromatic carbocycles. The highest BCUT2D eigenvalue weighted by Gasteiger charge is 2.11. The highest BCUT2D eigenvalue weighted by Crippen LogP contribution is 2.21. The smallest absolute Gasteiger partial charge is 0.339 e. The van der Waals surface area contributed by atoms with Gasteiger partial charge in [-0.25, -0.2) is 9.59 Å². The molecular weight excluding hydrogens is 264 g/mol. The first-order chi connectivity index (χ1) is 9.43. The van der Waals surface area contributed by atoms with Crippen LogP contribution in [0.25, 0.3) is 0 Å². The summed E-state index contributed by atoms with van der Waals surface area (Å²) in [4.78, 5) is 22.4. The molecule has 0 heterocycles. The number of hydrogen-bond donors (Lipinski definition) is 4. The molecule has 2 amide bonds. The van der Waals surface area contributed by atoms with Gasteiger partial charge in [0.05, 0.1) is 6.10 Å². The lowest BCUT2D eigenvalue weighted by Gasteiger charge is -2.13. The number of aromatic carboxylic acids is 1. The standard InChI is InChI=1S/C13H18N2O5/c1-3-20-8(2)7-14-13(19)15-9-4-5-11(16)10(6-9)12(17)18/h4-6,8,16H,3,7H2,1-2H3,(H,17,18)(H2,14,15,19). The summed E-state index contributed by atoms with van der Waals surface area (Å²) in [6, 6.07) is 3.33. The van der Waals surface area contributed by atoms with E-state index in [1.807, 2.05) is 13.8 Å². The molecule has 20 heavy (non-hydrogen) atoms. The Kier molecular flexibility index (Phi) is 5.79. The highest BCUT2D eigenvalue weighted by molar-refractivity contribution is 5.95. The van der Waals surface area contributed by atoms with Crippen LogP contribution in [0.5, 0.6) is 5.75 Å². The van der Waals surface area contributed by atoms with Crippen LogP contribution in [0.1, 0.15) is 24.2 Å². The molecule has 0 radical (unpaired) electrons. The quantitative estimate of drug-likeness (QED) is 0.593. The lowest BCUT2D eigenvalue weighted by molar-refractivity contribution is 0.0693. The van der Waals surface area contributed by atoms with Gasteiger partial charge in [-0.2, -0.15) is 0 Å². The Balaban J connectivity index is 2.58. The van der Waals surface area contributed by atoms with Crippen molar-refractivity contribution in [1.82, 2.24) is 5.32 Å². The molecule has 1 unspecified atom stereocenters. The maximum absolute atomic E-state index is 11.6. The predicted octanol–water partition coefficient (Wildman–Crippen LogP) is 1.64.